The largest absolute Gasteiger partial charge is 0.744 e. The summed E-state index contributed by atoms with van der Waals surface area (Å²) in [5.74, 6) is -3.60. The highest BCUT2D eigenvalue weighted by molar-refractivity contribution is 7.85. The van der Waals surface area contributed by atoms with Crippen molar-refractivity contribution < 1.29 is 32.8 Å². The number of quaternary nitrogens is 3. The van der Waals surface area contributed by atoms with Crippen LogP contribution in [0.25, 0.3) is 0 Å². The van der Waals surface area contributed by atoms with Crippen molar-refractivity contribution in [1.29, 1.82) is 0 Å². The van der Waals surface area contributed by atoms with E-state index in [2.05, 4.69) is 364 Å². The lowest BCUT2D eigenvalue weighted by atomic mass is 10.1. The van der Waals surface area contributed by atoms with Crippen molar-refractivity contribution in [3.05, 3.63) is 393 Å². The monoisotopic (exact) mass is 1210 g/mol. The highest BCUT2D eigenvalue weighted by Gasteiger charge is 2.41. The van der Waals surface area contributed by atoms with Crippen LogP contribution in [0.3, 0.4) is 0 Å². The Hall–Kier alpha value is -11.4. The number of carbonyl (C=O) groups excluding carboxylic acids is 2. The molecule has 0 heterocycles. The molecule has 446 valence electrons. The van der Waals surface area contributed by atoms with E-state index in [1.165, 1.54) is 68.2 Å². The molecule has 0 aliphatic heterocycles. The minimum absolute atomic E-state index is 0.518. The van der Waals surface area contributed by atoms with Crippen molar-refractivity contribution >= 4 is 90.3 Å². The van der Waals surface area contributed by atoms with Crippen molar-refractivity contribution in [2.24, 2.45) is 0 Å². The third-order valence-corrected chi connectivity index (χ3v) is 16.2. The summed E-state index contributed by atoms with van der Waals surface area (Å²) in [6, 6.07) is 130. The van der Waals surface area contributed by atoms with Gasteiger partial charge in [-0.3, -0.25) is 0 Å². The summed E-state index contributed by atoms with van der Waals surface area (Å²) in [7, 11) is -4.95. The van der Waals surface area contributed by atoms with E-state index in [-0.39, 0.29) is 0 Å². The second-order valence-electron chi connectivity index (χ2n) is 20.8. The Balaban J connectivity index is 0.000000135. The molecule has 13 aromatic carbocycles. The molecule has 91 heavy (non-hydrogen) atoms. The number of nitrogens with zero attached hydrogens (tertiary/aromatic N) is 3. The van der Waals surface area contributed by atoms with E-state index in [1.54, 1.807) is 0 Å². The summed E-state index contributed by atoms with van der Waals surface area (Å²) in [6.45, 7) is 0. The van der Waals surface area contributed by atoms with Crippen LogP contribution in [0.15, 0.2) is 387 Å². The molecule has 0 atom stereocenters. The van der Waals surface area contributed by atoms with Crippen LogP contribution in [-0.4, -0.2) is 24.9 Å². The van der Waals surface area contributed by atoms with E-state index < -0.39 is 38.1 Å². The molecule has 13 aromatic rings. The zero-order valence-corrected chi connectivity index (χ0v) is 50.3. The topological polar surface area (TPSA) is 137 Å². The minimum atomic E-state index is -4.95. The molecule has 0 fully saturated rings. The standard InChI is InChI=1S/3C24H20N.C8H6O7S/c3*1-5-13-21(14-6-1)25(22-15-7-2-8-16-22,23-17-9-3-10-18-23)24-19-11-4-12-20-24;9-7(10)4-1-5(8(11)12)3-6(2-4)16(13,14)15/h3*1-20H;1-3H,(H,9,10)(H,11,12)(H,13,14,15)/q3*+1;/p-3. The molecule has 0 N–H and O–H groups in total. The van der Waals surface area contributed by atoms with Gasteiger partial charge in [0.2, 0.25) is 0 Å². The number of carbonyl (C=O) groups is 2. The SMILES string of the molecule is O=C([O-])c1cc(C(=O)[O-])cc(S(=O)(=O)[O-])c1.c1ccc([N+](c2ccccc2)(c2ccccc2)c2ccccc2)cc1.c1ccc([N+](c2ccccc2)(c2ccccc2)c2ccccc2)cc1.c1ccc([N+](c2ccccc2)(c2ccccc2)c2ccccc2)cc1. The zero-order valence-electron chi connectivity index (χ0n) is 49.5. The number of carboxylic acids is 2. The minimum Gasteiger partial charge on any atom is -0.744 e. The van der Waals surface area contributed by atoms with Crippen molar-refractivity contribution in [2.75, 3.05) is 0 Å². The molecule has 10 nitrogen and oxygen atoms in total. The summed E-state index contributed by atoms with van der Waals surface area (Å²) in [6.07, 6.45) is 0. The van der Waals surface area contributed by atoms with Gasteiger partial charge in [-0.2, -0.15) is 13.4 Å². The van der Waals surface area contributed by atoms with E-state index in [9.17, 15) is 32.8 Å². The lowest BCUT2D eigenvalue weighted by Gasteiger charge is -2.37. The Labute approximate surface area is 531 Å². The average molecular weight is 1210 g/mol. The first kappa shape index (κ1) is 62.6. The van der Waals surface area contributed by atoms with Gasteiger partial charge in [0.25, 0.3) is 0 Å². The number of hydrogen-bond acceptors (Lipinski definition) is 7. The molecule has 0 bridgehead atoms. The van der Waals surface area contributed by atoms with Gasteiger partial charge < -0.3 is 24.4 Å². The van der Waals surface area contributed by atoms with Crippen LogP contribution in [-0.2, 0) is 10.1 Å². The van der Waals surface area contributed by atoms with Crippen LogP contribution in [0.2, 0.25) is 0 Å². The Morgan fingerprint density at radius 2 is 0.341 bits per heavy atom. The summed E-state index contributed by atoms with van der Waals surface area (Å²) in [5, 5.41) is 20.9. The van der Waals surface area contributed by atoms with Crippen LogP contribution >= 0.6 is 0 Å². The molecular formula is C80H63N3O7S. The molecule has 0 amide bonds. The zero-order chi connectivity index (χ0) is 63.4. The highest BCUT2D eigenvalue weighted by atomic mass is 32.2. The molecular weight excluding hydrogens is 1150 g/mol. The second kappa shape index (κ2) is 29.5. The molecule has 11 heteroatoms. The lowest BCUT2D eigenvalue weighted by Crippen LogP contribution is -2.33. The molecule has 0 aliphatic rings. The predicted octanol–water partition coefficient (Wildman–Crippen LogP) is 18.3. The Morgan fingerprint density at radius 3 is 0.440 bits per heavy atom. The number of hydrogen-bond donors (Lipinski definition) is 0. The van der Waals surface area contributed by atoms with E-state index in [4.69, 9.17) is 0 Å². The average Bonchev–Trinajstić information content (AvgIpc) is 0.808. The van der Waals surface area contributed by atoms with Gasteiger partial charge >= 0.3 is 0 Å². The highest BCUT2D eigenvalue weighted by Crippen LogP contribution is 2.54. The number of aromatic carboxylic acids is 2. The van der Waals surface area contributed by atoms with Crippen LogP contribution in [0.1, 0.15) is 20.7 Å². The maximum atomic E-state index is 10.6. The first-order valence-corrected chi connectivity index (χ1v) is 30.8. The van der Waals surface area contributed by atoms with Crippen molar-refractivity contribution in [3.8, 4) is 0 Å². The van der Waals surface area contributed by atoms with Gasteiger partial charge in [-0.1, -0.05) is 218 Å². The summed E-state index contributed by atoms with van der Waals surface area (Å²) < 4.78 is 33.5. The van der Waals surface area contributed by atoms with Gasteiger partial charge in [-0.15, -0.1) is 0 Å². The first-order chi connectivity index (χ1) is 44.5. The van der Waals surface area contributed by atoms with E-state index in [0.717, 1.165) is 0 Å². The second-order valence-corrected chi connectivity index (χ2v) is 22.2. The molecule has 0 aliphatic carbocycles. The maximum absolute atomic E-state index is 10.6. The number of benzene rings is 13. The maximum Gasteiger partial charge on any atom is 0.148 e. The predicted molar refractivity (Wildman–Crippen MR) is 363 cm³/mol. The van der Waals surface area contributed by atoms with Crippen molar-refractivity contribution in [2.45, 2.75) is 4.90 Å². The normalized spacial score (nSPS) is 11.2. The van der Waals surface area contributed by atoms with Gasteiger partial charge in [0.1, 0.15) is 78.4 Å². The third-order valence-electron chi connectivity index (χ3n) is 15.4. The molecule has 0 saturated heterocycles. The summed E-state index contributed by atoms with van der Waals surface area (Å²) >= 11 is 0. The summed E-state index contributed by atoms with van der Waals surface area (Å²) in [4.78, 5) is 19.9. The number of rotatable bonds is 15. The quantitative estimate of drug-likeness (QED) is 0.0736. The van der Waals surface area contributed by atoms with Gasteiger partial charge in [-0.05, 0) is 29.3 Å². The fourth-order valence-corrected chi connectivity index (χ4v) is 12.0. The van der Waals surface area contributed by atoms with Gasteiger partial charge in [0.05, 0.1) is 16.8 Å². The molecule has 0 unspecified atom stereocenters. The van der Waals surface area contributed by atoms with E-state index >= 15 is 0 Å². The fourth-order valence-electron chi connectivity index (χ4n) is 11.5. The molecule has 0 radical (unpaired) electrons. The summed E-state index contributed by atoms with van der Waals surface area (Å²) in [5.41, 5.74) is 13.1. The van der Waals surface area contributed by atoms with Crippen LogP contribution in [0.4, 0.5) is 68.2 Å². The molecule has 13 rings (SSSR count). The van der Waals surface area contributed by atoms with E-state index in [0.29, 0.717) is 31.6 Å². The lowest BCUT2D eigenvalue weighted by molar-refractivity contribution is -0.255. The smallest absolute Gasteiger partial charge is 0.148 e. The van der Waals surface area contributed by atoms with Gasteiger partial charge in [-0.25, -0.2) is 8.42 Å². The fraction of sp³-hybridized carbons (Fsp3) is 0. The van der Waals surface area contributed by atoms with Crippen molar-refractivity contribution in [3.63, 3.8) is 0 Å². The Morgan fingerprint density at radius 1 is 0.220 bits per heavy atom. The third kappa shape index (κ3) is 13.8. The van der Waals surface area contributed by atoms with Crippen LogP contribution in [0.5, 0.6) is 0 Å². The Bertz CT molecular complexity index is 3590. The van der Waals surface area contributed by atoms with Crippen LogP contribution < -0.4 is 23.7 Å². The van der Waals surface area contributed by atoms with Gasteiger partial charge in [0, 0.05) is 146 Å². The molecule has 0 saturated carbocycles. The van der Waals surface area contributed by atoms with Gasteiger partial charge in [0.15, 0.2) is 0 Å². The molecule has 0 aromatic heterocycles. The Kier molecular flexibility index (Phi) is 20.3. The van der Waals surface area contributed by atoms with E-state index in [1.807, 2.05) is 0 Å². The van der Waals surface area contributed by atoms with Crippen molar-refractivity contribution in [1.82, 2.24) is 13.4 Å². The number of para-hydroxylation sites is 12. The van der Waals surface area contributed by atoms with Crippen LogP contribution in [0, 0.1) is 0 Å². The first-order valence-electron chi connectivity index (χ1n) is 29.4. The number of carboxylic acid groups (broad SMARTS) is 2. The molecule has 0 spiro atoms.